The van der Waals surface area contributed by atoms with Crippen molar-refractivity contribution in [3.05, 3.63) is 83.7 Å². The number of amides is 1. The van der Waals surface area contributed by atoms with E-state index in [0.29, 0.717) is 29.6 Å². The molecule has 5 rings (SSSR count). The number of pyridine rings is 1. The first-order chi connectivity index (χ1) is 13.7. The number of rotatable bonds is 2. The summed E-state index contributed by atoms with van der Waals surface area (Å²) in [6.45, 7) is 3.39. The predicted molar refractivity (Wildman–Crippen MR) is 109 cm³/mol. The molecule has 1 amide bonds. The number of H-pyrrole nitrogens is 1. The van der Waals surface area contributed by atoms with Crippen LogP contribution in [0.5, 0.6) is 0 Å². The van der Waals surface area contributed by atoms with Crippen LogP contribution in [0.3, 0.4) is 0 Å². The highest BCUT2D eigenvalue weighted by Gasteiger charge is 2.37. The minimum absolute atomic E-state index is 0.0392. The third-order valence-electron chi connectivity index (χ3n) is 5.97. The molecule has 3 heterocycles. The Morgan fingerprint density at radius 3 is 2.82 bits per heavy atom. The molecule has 1 aliphatic carbocycles. The SMILES string of the molecule is Cc1[nH]nc2ncc(C(=O)N3CC4C=CC=CC4C(c4ccccc4)C3)cc12. The van der Waals surface area contributed by atoms with Gasteiger partial charge in [-0.1, -0.05) is 54.6 Å². The molecule has 5 heteroatoms. The van der Waals surface area contributed by atoms with E-state index in [1.165, 1.54) is 5.56 Å². The number of nitrogens with one attached hydrogen (secondary N) is 1. The first-order valence-electron chi connectivity index (χ1n) is 9.70. The van der Waals surface area contributed by atoms with Gasteiger partial charge in [0, 0.05) is 42.2 Å². The Labute approximate surface area is 163 Å². The maximum absolute atomic E-state index is 13.3. The van der Waals surface area contributed by atoms with Gasteiger partial charge in [-0.3, -0.25) is 9.89 Å². The molecule has 3 atom stereocenters. The Hall–Kier alpha value is -3.21. The van der Waals surface area contributed by atoms with Gasteiger partial charge in [-0.05, 0) is 24.5 Å². The van der Waals surface area contributed by atoms with Crippen molar-refractivity contribution in [3.63, 3.8) is 0 Å². The minimum Gasteiger partial charge on any atom is -0.337 e. The van der Waals surface area contributed by atoms with Gasteiger partial charge in [0.1, 0.15) is 0 Å². The molecule has 140 valence electrons. The second-order valence-corrected chi connectivity index (χ2v) is 7.68. The summed E-state index contributed by atoms with van der Waals surface area (Å²) in [6.07, 6.45) is 10.4. The number of piperidine rings is 1. The number of aromatic amines is 1. The van der Waals surface area contributed by atoms with Gasteiger partial charge in [-0.2, -0.15) is 5.10 Å². The molecule has 1 aromatic carbocycles. The van der Waals surface area contributed by atoms with Crippen LogP contribution < -0.4 is 0 Å². The fourth-order valence-electron chi connectivity index (χ4n) is 4.49. The van der Waals surface area contributed by atoms with Gasteiger partial charge in [0.05, 0.1) is 5.56 Å². The molecule has 0 radical (unpaired) electrons. The molecule has 28 heavy (non-hydrogen) atoms. The van der Waals surface area contributed by atoms with Crippen molar-refractivity contribution < 1.29 is 4.79 Å². The second kappa shape index (κ2) is 6.75. The number of carbonyl (C=O) groups excluding carboxylic acids is 1. The Balaban J connectivity index is 1.48. The zero-order valence-corrected chi connectivity index (χ0v) is 15.7. The molecule has 3 aromatic rings. The summed E-state index contributed by atoms with van der Waals surface area (Å²) in [5.41, 5.74) is 3.49. The van der Waals surface area contributed by atoms with Crippen molar-refractivity contribution in [3.8, 4) is 0 Å². The van der Waals surface area contributed by atoms with E-state index in [2.05, 4.69) is 63.8 Å². The number of nitrogens with zero attached hydrogens (tertiary/aromatic N) is 3. The molecule has 0 bridgehead atoms. The molecule has 0 saturated carbocycles. The van der Waals surface area contributed by atoms with Crippen LogP contribution >= 0.6 is 0 Å². The Morgan fingerprint density at radius 1 is 1.14 bits per heavy atom. The maximum Gasteiger partial charge on any atom is 0.255 e. The smallest absolute Gasteiger partial charge is 0.255 e. The van der Waals surface area contributed by atoms with Crippen LogP contribution in [-0.4, -0.2) is 39.1 Å². The van der Waals surface area contributed by atoms with Gasteiger partial charge < -0.3 is 4.90 Å². The number of likely N-dealkylation sites (tertiary alicyclic amines) is 1. The average Bonchev–Trinajstić information content (AvgIpc) is 3.13. The van der Waals surface area contributed by atoms with Crippen LogP contribution in [0.1, 0.15) is 27.5 Å². The molecular weight excluding hydrogens is 348 g/mol. The molecule has 3 unspecified atom stereocenters. The maximum atomic E-state index is 13.3. The van der Waals surface area contributed by atoms with Crippen molar-refractivity contribution in [1.29, 1.82) is 0 Å². The van der Waals surface area contributed by atoms with E-state index in [4.69, 9.17) is 0 Å². The summed E-state index contributed by atoms with van der Waals surface area (Å²) in [5.74, 6) is 1.09. The van der Waals surface area contributed by atoms with E-state index in [1.807, 2.05) is 24.0 Å². The highest BCUT2D eigenvalue weighted by molar-refractivity contribution is 5.97. The van der Waals surface area contributed by atoms with E-state index in [9.17, 15) is 4.79 Å². The Morgan fingerprint density at radius 2 is 1.96 bits per heavy atom. The number of benzene rings is 1. The van der Waals surface area contributed by atoms with Crippen LogP contribution in [0.2, 0.25) is 0 Å². The lowest BCUT2D eigenvalue weighted by Gasteiger charge is -2.43. The van der Waals surface area contributed by atoms with Gasteiger partial charge in [0.15, 0.2) is 5.65 Å². The topological polar surface area (TPSA) is 61.9 Å². The van der Waals surface area contributed by atoms with Gasteiger partial charge >= 0.3 is 0 Å². The fourth-order valence-corrected chi connectivity index (χ4v) is 4.49. The molecule has 1 fully saturated rings. The summed E-state index contributed by atoms with van der Waals surface area (Å²) in [6, 6.07) is 12.4. The van der Waals surface area contributed by atoms with Gasteiger partial charge in [-0.15, -0.1) is 0 Å². The number of carbonyl (C=O) groups is 1. The third kappa shape index (κ3) is 2.83. The van der Waals surface area contributed by atoms with Crippen LogP contribution in [0.25, 0.3) is 11.0 Å². The molecule has 1 saturated heterocycles. The summed E-state index contributed by atoms with van der Waals surface area (Å²) in [5, 5.41) is 8.00. The first-order valence-corrected chi connectivity index (χ1v) is 9.70. The Bertz CT molecular complexity index is 1080. The van der Waals surface area contributed by atoms with Crippen LogP contribution in [0.4, 0.5) is 0 Å². The minimum atomic E-state index is 0.0392. The molecule has 1 N–H and O–H groups in total. The number of fused-ring (bicyclic) bond motifs is 2. The molecule has 1 aliphatic heterocycles. The van der Waals surface area contributed by atoms with E-state index in [1.54, 1.807) is 6.20 Å². The first kappa shape index (κ1) is 16.9. The molecule has 2 aromatic heterocycles. The van der Waals surface area contributed by atoms with E-state index in [0.717, 1.165) is 17.6 Å². The fraction of sp³-hybridized carbons (Fsp3) is 0.261. The summed E-state index contributed by atoms with van der Waals surface area (Å²) >= 11 is 0. The number of allylic oxidation sites excluding steroid dienone is 3. The molecular formula is C23H22N4O. The van der Waals surface area contributed by atoms with Crippen molar-refractivity contribution in [2.45, 2.75) is 12.8 Å². The summed E-state index contributed by atoms with van der Waals surface area (Å²) in [7, 11) is 0. The van der Waals surface area contributed by atoms with E-state index < -0.39 is 0 Å². The van der Waals surface area contributed by atoms with Crippen LogP contribution in [0.15, 0.2) is 66.9 Å². The van der Waals surface area contributed by atoms with Gasteiger partial charge in [0.25, 0.3) is 5.91 Å². The van der Waals surface area contributed by atoms with Crippen molar-refractivity contribution in [2.24, 2.45) is 11.8 Å². The summed E-state index contributed by atoms with van der Waals surface area (Å²) < 4.78 is 0. The molecule has 0 spiro atoms. The normalized spacial score (nSPS) is 23.8. The zero-order valence-electron chi connectivity index (χ0n) is 15.7. The van der Waals surface area contributed by atoms with Gasteiger partial charge in [-0.25, -0.2) is 4.98 Å². The van der Waals surface area contributed by atoms with Crippen LogP contribution in [0, 0.1) is 18.8 Å². The van der Waals surface area contributed by atoms with Crippen molar-refractivity contribution >= 4 is 16.9 Å². The number of hydrogen-bond donors (Lipinski definition) is 1. The monoisotopic (exact) mass is 370 g/mol. The summed E-state index contributed by atoms with van der Waals surface area (Å²) in [4.78, 5) is 19.7. The highest BCUT2D eigenvalue weighted by atomic mass is 16.2. The lowest BCUT2D eigenvalue weighted by molar-refractivity contribution is 0.0628. The molecule has 2 aliphatic rings. The van der Waals surface area contributed by atoms with Gasteiger partial charge in [0.2, 0.25) is 0 Å². The lowest BCUT2D eigenvalue weighted by atomic mass is 9.72. The number of aromatic nitrogens is 3. The third-order valence-corrected chi connectivity index (χ3v) is 5.97. The predicted octanol–water partition coefficient (Wildman–Crippen LogP) is 3.86. The Kier molecular flexibility index (Phi) is 4.08. The standard InChI is InChI=1S/C23H22N4O/c1-15-20-11-18(12-24-22(20)26-25-15)23(28)27-13-17-9-5-6-10-19(17)21(14-27)16-7-3-2-4-8-16/h2-12,17,19,21H,13-14H2,1H3,(H,24,25,26). The lowest BCUT2D eigenvalue weighted by Crippen LogP contribution is -2.47. The van der Waals surface area contributed by atoms with E-state index in [-0.39, 0.29) is 11.8 Å². The average molecular weight is 370 g/mol. The number of hydrogen-bond acceptors (Lipinski definition) is 3. The van der Waals surface area contributed by atoms with E-state index >= 15 is 0 Å². The quantitative estimate of drug-likeness (QED) is 0.745. The van der Waals surface area contributed by atoms with Crippen molar-refractivity contribution in [1.82, 2.24) is 20.1 Å². The largest absolute Gasteiger partial charge is 0.337 e. The second-order valence-electron chi connectivity index (χ2n) is 7.68. The van der Waals surface area contributed by atoms with Crippen molar-refractivity contribution in [2.75, 3.05) is 13.1 Å². The molecule has 5 nitrogen and oxygen atoms in total. The number of aryl methyl sites for hydroxylation is 1. The van der Waals surface area contributed by atoms with Crippen LogP contribution in [-0.2, 0) is 0 Å². The zero-order chi connectivity index (χ0) is 19.1. The highest BCUT2D eigenvalue weighted by Crippen LogP contribution is 2.39.